The van der Waals surface area contributed by atoms with Crippen LogP contribution in [0.5, 0.6) is 0 Å². The summed E-state index contributed by atoms with van der Waals surface area (Å²) < 4.78 is 0. The van der Waals surface area contributed by atoms with Gasteiger partial charge in [0.2, 0.25) is 0 Å². The summed E-state index contributed by atoms with van der Waals surface area (Å²) in [5.41, 5.74) is 0.297. The quantitative estimate of drug-likeness (QED) is 0.789. The van der Waals surface area contributed by atoms with Crippen molar-refractivity contribution in [1.82, 2.24) is 0 Å². The fraction of sp³-hybridized carbons (Fsp3) is 0.333. The highest BCUT2D eigenvalue weighted by atomic mass is 35.5. The molecule has 0 spiro atoms. The zero-order valence-corrected chi connectivity index (χ0v) is 10.3. The van der Waals surface area contributed by atoms with Crippen molar-refractivity contribution < 1.29 is 5.11 Å². The lowest BCUT2D eigenvalue weighted by molar-refractivity contribution is 0.0822. The Morgan fingerprint density at radius 1 is 1.27 bits per heavy atom. The van der Waals surface area contributed by atoms with Crippen molar-refractivity contribution >= 4 is 23.2 Å². The summed E-state index contributed by atoms with van der Waals surface area (Å²) >= 11 is 11.7. The molecule has 0 fully saturated rings. The van der Waals surface area contributed by atoms with Crippen LogP contribution >= 0.6 is 23.2 Å². The monoisotopic (exact) mass is 244 g/mol. The third-order valence-corrected chi connectivity index (χ3v) is 2.87. The van der Waals surface area contributed by atoms with Gasteiger partial charge in [0.1, 0.15) is 0 Å². The summed E-state index contributed by atoms with van der Waals surface area (Å²) in [5, 5.41) is 11.2. The Kier molecular flexibility index (Phi) is 3.82. The summed E-state index contributed by atoms with van der Waals surface area (Å²) in [6.45, 7) is 7.50. The van der Waals surface area contributed by atoms with E-state index in [1.165, 1.54) is 0 Å². The molecule has 0 radical (unpaired) electrons. The van der Waals surface area contributed by atoms with E-state index in [0.717, 1.165) is 0 Å². The molecule has 1 aromatic rings. The van der Waals surface area contributed by atoms with E-state index in [9.17, 15) is 5.11 Å². The zero-order chi connectivity index (χ0) is 11.6. The molecule has 0 saturated heterocycles. The summed E-state index contributed by atoms with van der Waals surface area (Å²) in [6.07, 6.45) is 1.05. The van der Waals surface area contributed by atoms with Crippen LogP contribution in [0.4, 0.5) is 0 Å². The fourth-order valence-electron chi connectivity index (χ4n) is 1.27. The number of hydrogen-bond acceptors (Lipinski definition) is 1. The molecular weight excluding hydrogens is 231 g/mol. The van der Waals surface area contributed by atoms with Crippen LogP contribution in [-0.2, 0) is 0 Å². The second-order valence-corrected chi connectivity index (χ2v) is 5.00. The molecule has 1 nitrogen and oxygen atoms in total. The van der Waals surface area contributed by atoms with Crippen LogP contribution in [-0.4, -0.2) is 5.11 Å². The minimum absolute atomic E-state index is 0.409. The van der Waals surface area contributed by atoms with Gasteiger partial charge in [0, 0.05) is 15.5 Å². The topological polar surface area (TPSA) is 20.2 Å². The molecule has 0 bridgehead atoms. The van der Waals surface area contributed by atoms with Crippen LogP contribution in [0.1, 0.15) is 25.5 Å². The van der Waals surface area contributed by atoms with E-state index in [-0.39, 0.29) is 0 Å². The Labute approximate surface area is 100 Å². The number of rotatable bonds is 3. The fourth-order valence-corrected chi connectivity index (χ4v) is 1.82. The van der Waals surface area contributed by atoms with Gasteiger partial charge in [0.05, 0.1) is 6.10 Å². The van der Waals surface area contributed by atoms with Crippen LogP contribution in [0.2, 0.25) is 10.0 Å². The molecule has 1 atom stereocenters. The third kappa shape index (κ3) is 2.97. The molecule has 1 rings (SSSR count). The van der Waals surface area contributed by atoms with E-state index in [1.807, 2.05) is 13.8 Å². The lowest BCUT2D eigenvalue weighted by Gasteiger charge is -2.27. The van der Waals surface area contributed by atoms with Gasteiger partial charge in [-0.1, -0.05) is 43.1 Å². The summed E-state index contributed by atoms with van der Waals surface area (Å²) in [4.78, 5) is 0. The molecule has 0 aliphatic heterocycles. The summed E-state index contributed by atoms with van der Waals surface area (Å²) in [7, 11) is 0. The summed E-state index contributed by atoms with van der Waals surface area (Å²) in [5.74, 6) is 0. The molecule has 0 amide bonds. The SMILES string of the molecule is C=CC(C)(C)C(O)c1cc(Cl)cc(Cl)c1. The van der Waals surface area contributed by atoms with Gasteiger partial charge in [-0.05, 0) is 23.8 Å². The second-order valence-electron chi connectivity index (χ2n) is 4.13. The van der Waals surface area contributed by atoms with Crippen LogP contribution in [0, 0.1) is 5.41 Å². The van der Waals surface area contributed by atoms with Crippen molar-refractivity contribution in [2.24, 2.45) is 5.41 Å². The molecule has 0 heterocycles. The van der Waals surface area contributed by atoms with Gasteiger partial charge in [-0.2, -0.15) is 0 Å². The van der Waals surface area contributed by atoms with Crippen LogP contribution in [0.15, 0.2) is 30.9 Å². The first kappa shape index (κ1) is 12.6. The Balaban J connectivity index is 3.11. The lowest BCUT2D eigenvalue weighted by atomic mass is 9.83. The highest BCUT2D eigenvalue weighted by Gasteiger charge is 2.26. The van der Waals surface area contributed by atoms with Crippen LogP contribution < -0.4 is 0 Å². The zero-order valence-electron chi connectivity index (χ0n) is 8.80. The first-order valence-corrected chi connectivity index (χ1v) is 5.40. The average Bonchev–Trinajstić information content (AvgIpc) is 2.15. The van der Waals surface area contributed by atoms with Crippen molar-refractivity contribution in [3.63, 3.8) is 0 Å². The maximum Gasteiger partial charge on any atom is 0.0876 e. The average molecular weight is 245 g/mol. The van der Waals surface area contributed by atoms with E-state index in [2.05, 4.69) is 6.58 Å². The van der Waals surface area contributed by atoms with Gasteiger partial charge < -0.3 is 5.11 Å². The number of halogens is 2. The summed E-state index contributed by atoms with van der Waals surface area (Å²) in [6, 6.07) is 5.06. The molecule has 1 unspecified atom stereocenters. The van der Waals surface area contributed by atoms with Crippen molar-refractivity contribution in [1.29, 1.82) is 0 Å². The minimum Gasteiger partial charge on any atom is -0.388 e. The highest BCUT2D eigenvalue weighted by molar-refractivity contribution is 6.34. The Morgan fingerprint density at radius 3 is 2.13 bits per heavy atom. The first-order chi connectivity index (χ1) is 6.86. The highest BCUT2D eigenvalue weighted by Crippen LogP contribution is 2.36. The van der Waals surface area contributed by atoms with Crippen molar-refractivity contribution in [3.8, 4) is 0 Å². The van der Waals surface area contributed by atoms with Crippen LogP contribution in [0.25, 0.3) is 0 Å². The molecular formula is C12H14Cl2O. The smallest absolute Gasteiger partial charge is 0.0876 e. The van der Waals surface area contributed by atoms with Gasteiger partial charge in [0.15, 0.2) is 0 Å². The van der Waals surface area contributed by atoms with E-state index < -0.39 is 11.5 Å². The van der Waals surface area contributed by atoms with Gasteiger partial charge in [-0.15, -0.1) is 6.58 Å². The van der Waals surface area contributed by atoms with Crippen LogP contribution in [0.3, 0.4) is 0 Å². The van der Waals surface area contributed by atoms with E-state index in [4.69, 9.17) is 23.2 Å². The maximum absolute atomic E-state index is 10.1. The lowest BCUT2D eigenvalue weighted by Crippen LogP contribution is -2.19. The molecule has 3 heteroatoms. The van der Waals surface area contributed by atoms with Crippen molar-refractivity contribution in [2.75, 3.05) is 0 Å². The Morgan fingerprint density at radius 2 is 1.73 bits per heavy atom. The minimum atomic E-state index is -0.661. The molecule has 1 N–H and O–H groups in total. The van der Waals surface area contributed by atoms with Crippen molar-refractivity contribution in [2.45, 2.75) is 20.0 Å². The van der Waals surface area contributed by atoms with Gasteiger partial charge in [0.25, 0.3) is 0 Å². The van der Waals surface area contributed by atoms with E-state index in [0.29, 0.717) is 15.6 Å². The van der Waals surface area contributed by atoms with E-state index >= 15 is 0 Å². The maximum atomic E-state index is 10.1. The molecule has 15 heavy (non-hydrogen) atoms. The Hall–Kier alpha value is -0.500. The molecule has 1 aromatic carbocycles. The molecule has 82 valence electrons. The molecule has 0 aliphatic carbocycles. The third-order valence-electron chi connectivity index (χ3n) is 2.43. The second kappa shape index (κ2) is 4.56. The molecule has 0 aliphatic rings. The predicted octanol–water partition coefficient (Wildman–Crippen LogP) is 4.24. The molecule has 0 saturated carbocycles. The predicted molar refractivity (Wildman–Crippen MR) is 65.4 cm³/mol. The molecule has 0 aromatic heterocycles. The first-order valence-electron chi connectivity index (χ1n) is 4.64. The number of hydrogen-bond donors (Lipinski definition) is 1. The normalized spacial score (nSPS) is 13.7. The van der Waals surface area contributed by atoms with Gasteiger partial charge in [-0.3, -0.25) is 0 Å². The Bertz CT molecular complexity index is 352. The van der Waals surface area contributed by atoms with Gasteiger partial charge in [-0.25, -0.2) is 0 Å². The standard InChI is InChI=1S/C12H14Cl2O/c1-4-12(2,3)11(15)8-5-9(13)7-10(14)6-8/h4-7,11,15H,1H2,2-3H3. The van der Waals surface area contributed by atoms with E-state index in [1.54, 1.807) is 24.3 Å². The number of aliphatic hydroxyl groups is 1. The number of benzene rings is 1. The van der Waals surface area contributed by atoms with Crippen molar-refractivity contribution in [3.05, 3.63) is 46.5 Å². The largest absolute Gasteiger partial charge is 0.388 e. The van der Waals surface area contributed by atoms with Gasteiger partial charge >= 0.3 is 0 Å². The number of aliphatic hydroxyl groups excluding tert-OH is 1.